The lowest BCUT2D eigenvalue weighted by molar-refractivity contribution is -0.122. The Hall–Kier alpha value is -2.40. The third-order valence-corrected chi connectivity index (χ3v) is 4.21. The van der Waals surface area contributed by atoms with Crippen LogP contribution in [0.4, 0.5) is 11.5 Å². The minimum Gasteiger partial charge on any atom is -0.310 e. The molecule has 2 amide bonds. The highest BCUT2D eigenvalue weighted by atomic mass is 35.5. The van der Waals surface area contributed by atoms with E-state index in [1.807, 2.05) is 25.1 Å². The summed E-state index contributed by atoms with van der Waals surface area (Å²) >= 11 is 6.14. The smallest absolute Gasteiger partial charge is 0.230 e. The number of pyridine rings is 1. The fourth-order valence-corrected chi connectivity index (χ4v) is 2.86. The molecular weight excluding hydrogens is 314 g/mol. The summed E-state index contributed by atoms with van der Waals surface area (Å²) in [4.78, 5) is 30.4. The van der Waals surface area contributed by atoms with Crippen LogP contribution in [0.15, 0.2) is 42.6 Å². The van der Waals surface area contributed by atoms with Crippen LogP contribution in [0.5, 0.6) is 0 Å². The minimum absolute atomic E-state index is 0.101. The van der Waals surface area contributed by atoms with Crippen LogP contribution in [-0.4, -0.2) is 23.3 Å². The molecule has 2 heterocycles. The summed E-state index contributed by atoms with van der Waals surface area (Å²) in [5.41, 5.74) is 1.52. The van der Waals surface area contributed by atoms with Crippen LogP contribution in [0.25, 0.3) is 0 Å². The number of nitrogens with zero attached hydrogens (tertiary/aromatic N) is 2. The van der Waals surface area contributed by atoms with Crippen molar-refractivity contribution in [2.24, 2.45) is 5.92 Å². The van der Waals surface area contributed by atoms with E-state index in [0.717, 1.165) is 5.56 Å². The van der Waals surface area contributed by atoms with Crippen molar-refractivity contribution < 1.29 is 9.59 Å². The van der Waals surface area contributed by atoms with Crippen LogP contribution in [-0.2, 0) is 9.59 Å². The molecule has 1 unspecified atom stereocenters. The van der Waals surface area contributed by atoms with E-state index in [-0.39, 0.29) is 18.2 Å². The van der Waals surface area contributed by atoms with E-state index in [0.29, 0.717) is 23.1 Å². The van der Waals surface area contributed by atoms with E-state index in [9.17, 15) is 9.59 Å². The van der Waals surface area contributed by atoms with Gasteiger partial charge in [-0.05, 0) is 30.7 Å². The molecule has 2 aromatic rings. The summed E-state index contributed by atoms with van der Waals surface area (Å²) in [6.07, 6.45) is 1.79. The summed E-state index contributed by atoms with van der Waals surface area (Å²) in [5, 5.41) is 3.30. The monoisotopic (exact) mass is 329 g/mol. The average Bonchev–Trinajstić information content (AvgIpc) is 2.92. The van der Waals surface area contributed by atoms with Gasteiger partial charge in [-0.1, -0.05) is 29.8 Å². The fourth-order valence-electron chi connectivity index (χ4n) is 2.62. The van der Waals surface area contributed by atoms with E-state index in [1.165, 1.54) is 0 Å². The molecule has 1 saturated heterocycles. The number of hydrogen-bond acceptors (Lipinski definition) is 3. The summed E-state index contributed by atoms with van der Waals surface area (Å²) in [7, 11) is 0. The van der Waals surface area contributed by atoms with Gasteiger partial charge in [-0.3, -0.25) is 9.59 Å². The maximum Gasteiger partial charge on any atom is 0.230 e. The quantitative estimate of drug-likeness (QED) is 0.941. The molecule has 118 valence electrons. The van der Waals surface area contributed by atoms with E-state index in [2.05, 4.69) is 10.3 Å². The molecule has 0 bridgehead atoms. The van der Waals surface area contributed by atoms with E-state index in [1.54, 1.807) is 29.3 Å². The summed E-state index contributed by atoms with van der Waals surface area (Å²) in [6, 6.07) is 10.8. The molecule has 0 spiro atoms. The van der Waals surface area contributed by atoms with Crippen LogP contribution in [0, 0.1) is 12.8 Å². The second kappa shape index (κ2) is 6.38. The van der Waals surface area contributed by atoms with Gasteiger partial charge in [0.05, 0.1) is 16.6 Å². The number of benzene rings is 1. The number of nitrogens with one attached hydrogen (secondary N) is 1. The lowest BCUT2D eigenvalue weighted by Crippen LogP contribution is -2.28. The number of aryl methyl sites for hydroxylation is 1. The molecule has 1 aliphatic rings. The van der Waals surface area contributed by atoms with Crippen molar-refractivity contribution in [1.82, 2.24) is 4.98 Å². The second-order valence-electron chi connectivity index (χ2n) is 5.51. The SMILES string of the molecule is Cc1cccnc1NC(=O)C1CC(=O)N(c2ccccc2Cl)C1. The van der Waals surface area contributed by atoms with Gasteiger partial charge in [0.25, 0.3) is 0 Å². The Bertz CT molecular complexity index is 763. The number of para-hydroxylation sites is 1. The Balaban J connectivity index is 1.74. The van der Waals surface area contributed by atoms with Gasteiger partial charge in [-0.15, -0.1) is 0 Å². The van der Waals surface area contributed by atoms with Crippen molar-refractivity contribution in [2.45, 2.75) is 13.3 Å². The number of carbonyl (C=O) groups excluding carboxylic acids is 2. The maximum absolute atomic E-state index is 12.4. The Morgan fingerprint density at radius 2 is 2.09 bits per heavy atom. The standard InChI is InChI=1S/C17H16ClN3O2/c1-11-5-4-8-19-16(11)20-17(23)12-9-15(22)21(10-12)14-7-3-2-6-13(14)18/h2-8,12H,9-10H2,1H3,(H,19,20,23). The van der Waals surface area contributed by atoms with Gasteiger partial charge in [0.1, 0.15) is 5.82 Å². The predicted octanol–water partition coefficient (Wildman–Crippen LogP) is 3.04. The van der Waals surface area contributed by atoms with Gasteiger partial charge in [0.2, 0.25) is 11.8 Å². The zero-order valence-electron chi connectivity index (χ0n) is 12.6. The van der Waals surface area contributed by atoms with Crippen molar-refractivity contribution in [2.75, 3.05) is 16.8 Å². The Morgan fingerprint density at radius 3 is 2.83 bits per heavy atom. The van der Waals surface area contributed by atoms with Gasteiger partial charge in [0.15, 0.2) is 0 Å². The van der Waals surface area contributed by atoms with Crippen molar-refractivity contribution in [3.05, 3.63) is 53.2 Å². The lowest BCUT2D eigenvalue weighted by Gasteiger charge is -2.18. The van der Waals surface area contributed by atoms with Gasteiger partial charge in [-0.2, -0.15) is 0 Å². The van der Waals surface area contributed by atoms with E-state index in [4.69, 9.17) is 11.6 Å². The first kappa shape index (κ1) is 15.5. The molecule has 1 aromatic carbocycles. The van der Waals surface area contributed by atoms with E-state index < -0.39 is 5.92 Å². The first-order valence-electron chi connectivity index (χ1n) is 7.33. The molecule has 1 aliphatic heterocycles. The van der Waals surface area contributed by atoms with Gasteiger partial charge in [0, 0.05) is 19.2 Å². The maximum atomic E-state index is 12.4. The topological polar surface area (TPSA) is 62.3 Å². The summed E-state index contributed by atoms with van der Waals surface area (Å²) < 4.78 is 0. The molecule has 1 fully saturated rings. The van der Waals surface area contributed by atoms with Crippen molar-refractivity contribution >= 4 is 34.9 Å². The molecule has 0 saturated carbocycles. The fraction of sp³-hybridized carbons (Fsp3) is 0.235. The molecular formula is C17H16ClN3O2. The normalized spacial score (nSPS) is 17.4. The number of halogens is 1. The van der Waals surface area contributed by atoms with Crippen LogP contribution in [0.3, 0.4) is 0 Å². The molecule has 3 rings (SSSR count). The number of amides is 2. The van der Waals surface area contributed by atoms with Crippen molar-refractivity contribution in [3.8, 4) is 0 Å². The van der Waals surface area contributed by atoms with Crippen molar-refractivity contribution in [1.29, 1.82) is 0 Å². The zero-order chi connectivity index (χ0) is 16.4. The minimum atomic E-state index is -0.417. The van der Waals surface area contributed by atoms with Crippen LogP contribution >= 0.6 is 11.6 Å². The Labute approximate surface area is 139 Å². The van der Waals surface area contributed by atoms with Gasteiger partial charge >= 0.3 is 0 Å². The van der Waals surface area contributed by atoms with Crippen LogP contribution in [0.2, 0.25) is 5.02 Å². The highest BCUT2D eigenvalue weighted by Crippen LogP contribution is 2.31. The lowest BCUT2D eigenvalue weighted by atomic mass is 10.1. The highest BCUT2D eigenvalue weighted by Gasteiger charge is 2.36. The molecule has 1 atom stereocenters. The summed E-state index contributed by atoms with van der Waals surface area (Å²) in [6.45, 7) is 2.19. The van der Waals surface area contributed by atoms with E-state index >= 15 is 0 Å². The first-order chi connectivity index (χ1) is 11.1. The molecule has 5 nitrogen and oxygen atoms in total. The number of anilines is 2. The highest BCUT2D eigenvalue weighted by molar-refractivity contribution is 6.33. The third kappa shape index (κ3) is 3.19. The number of aromatic nitrogens is 1. The number of rotatable bonds is 3. The molecule has 1 N–H and O–H groups in total. The molecule has 0 aliphatic carbocycles. The average molecular weight is 330 g/mol. The molecule has 23 heavy (non-hydrogen) atoms. The third-order valence-electron chi connectivity index (χ3n) is 3.89. The van der Waals surface area contributed by atoms with Gasteiger partial charge < -0.3 is 10.2 Å². The Kier molecular flexibility index (Phi) is 4.30. The largest absolute Gasteiger partial charge is 0.310 e. The van der Waals surface area contributed by atoms with Gasteiger partial charge in [-0.25, -0.2) is 4.98 Å². The first-order valence-corrected chi connectivity index (χ1v) is 7.71. The molecule has 0 radical (unpaired) electrons. The van der Waals surface area contributed by atoms with Crippen LogP contribution < -0.4 is 10.2 Å². The van der Waals surface area contributed by atoms with Crippen molar-refractivity contribution in [3.63, 3.8) is 0 Å². The molecule has 1 aromatic heterocycles. The zero-order valence-corrected chi connectivity index (χ0v) is 13.4. The van der Waals surface area contributed by atoms with Crippen LogP contribution in [0.1, 0.15) is 12.0 Å². The number of carbonyl (C=O) groups is 2. The number of hydrogen-bond donors (Lipinski definition) is 1. The Morgan fingerprint density at radius 1 is 1.30 bits per heavy atom. The second-order valence-corrected chi connectivity index (χ2v) is 5.92. The summed E-state index contributed by atoms with van der Waals surface area (Å²) in [5.74, 6) is -0.188. The molecule has 6 heteroatoms. The predicted molar refractivity (Wildman–Crippen MR) is 89.5 cm³/mol.